The van der Waals surface area contributed by atoms with E-state index in [4.69, 9.17) is 21.1 Å². The SMILES string of the molecule is O=C(CSc1ccc(Cl)cc1)N/N=C/c1cc2c(cc1[N+](=O)[O-])OCO2. The van der Waals surface area contributed by atoms with Gasteiger partial charge in [-0.25, -0.2) is 5.43 Å². The summed E-state index contributed by atoms with van der Waals surface area (Å²) in [5, 5.41) is 15.5. The normalized spacial score (nSPS) is 12.3. The van der Waals surface area contributed by atoms with Gasteiger partial charge in [0.1, 0.15) is 0 Å². The first kappa shape index (κ1) is 18.0. The first-order valence-corrected chi connectivity index (χ1v) is 8.67. The molecule has 26 heavy (non-hydrogen) atoms. The average molecular weight is 394 g/mol. The highest BCUT2D eigenvalue weighted by Crippen LogP contribution is 2.37. The summed E-state index contributed by atoms with van der Waals surface area (Å²) in [7, 11) is 0. The molecule has 0 aliphatic carbocycles. The number of hydrogen-bond acceptors (Lipinski definition) is 7. The largest absolute Gasteiger partial charge is 0.454 e. The molecule has 0 atom stereocenters. The molecule has 8 nitrogen and oxygen atoms in total. The van der Waals surface area contributed by atoms with Crippen LogP contribution in [0, 0.1) is 10.1 Å². The molecule has 134 valence electrons. The summed E-state index contributed by atoms with van der Waals surface area (Å²) < 4.78 is 10.3. The first-order chi connectivity index (χ1) is 12.5. The highest BCUT2D eigenvalue weighted by atomic mass is 35.5. The summed E-state index contributed by atoms with van der Waals surface area (Å²) in [6, 6.07) is 9.79. The summed E-state index contributed by atoms with van der Waals surface area (Å²) in [5.74, 6) is 0.492. The number of ether oxygens (including phenoxy) is 2. The molecule has 10 heteroatoms. The number of thioether (sulfide) groups is 1. The fraction of sp³-hybridized carbons (Fsp3) is 0.125. The quantitative estimate of drug-likeness (QED) is 0.350. The second-order valence-electron chi connectivity index (χ2n) is 5.06. The number of nitro groups is 1. The molecule has 2 aromatic rings. The zero-order valence-electron chi connectivity index (χ0n) is 13.2. The second kappa shape index (κ2) is 8.07. The van der Waals surface area contributed by atoms with E-state index in [2.05, 4.69) is 10.5 Å². The fourth-order valence-electron chi connectivity index (χ4n) is 2.09. The van der Waals surface area contributed by atoms with Crippen LogP contribution in [0.4, 0.5) is 5.69 Å². The molecule has 1 heterocycles. The topological polar surface area (TPSA) is 103 Å². The van der Waals surface area contributed by atoms with Gasteiger partial charge in [0.15, 0.2) is 11.5 Å². The number of hydrazone groups is 1. The van der Waals surface area contributed by atoms with Gasteiger partial charge in [-0.15, -0.1) is 11.8 Å². The van der Waals surface area contributed by atoms with Gasteiger partial charge in [0.05, 0.1) is 28.5 Å². The van der Waals surface area contributed by atoms with Gasteiger partial charge < -0.3 is 9.47 Å². The summed E-state index contributed by atoms with van der Waals surface area (Å²) >= 11 is 7.12. The van der Waals surface area contributed by atoms with Gasteiger partial charge in [0.25, 0.3) is 5.69 Å². The zero-order valence-corrected chi connectivity index (χ0v) is 14.7. The Kier molecular flexibility index (Phi) is 5.59. The van der Waals surface area contributed by atoms with Crippen molar-refractivity contribution in [1.82, 2.24) is 5.43 Å². The zero-order chi connectivity index (χ0) is 18.5. The van der Waals surface area contributed by atoms with Crippen molar-refractivity contribution >= 4 is 41.2 Å². The van der Waals surface area contributed by atoms with E-state index >= 15 is 0 Å². The Labute approximate surface area is 157 Å². The van der Waals surface area contributed by atoms with Crippen molar-refractivity contribution in [1.29, 1.82) is 0 Å². The van der Waals surface area contributed by atoms with Crippen LogP contribution in [0.2, 0.25) is 5.02 Å². The third kappa shape index (κ3) is 4.44. The molecule has 1 aliphatic heterocycles. The number of carbonyl (C=O) groups is 1. The number of hydrogen-bond donors (Lipinski definition) is 1. The van der Waals surface area contributed by atoms with Crippen LogP contribution in [-0.4, -0.2) is 29.6 Å². The van der Waals surface area contributed by atoms with Crippen LogP contribution in [0.15, 0.2) is 46.4 Å². The van der Waals surface area contributed by atoms with E-state index in [0.717, 1.165) is 4.90 Å². The predicted molar refractivity (Wildman–Crippen MR) is 97.1 cm³/mol. The molecule has 0 bridgehead atoms. The fourth-order valence-corrected chi connectivity index (χ4v) is 2.91. The third-order valence-electron chi connectivity index (χ3n) is 3.30. The molecule has 0 aromatic heterocycles. The Morgan fingerprint density at radius 3 is 2.69 bits per heavy atom. The van der Waals surface area contributed by atoms with Crippen molar-refractivity contribution in [3.05, 3.63) is 57.1 Å². The van der Waals surface area contributed by atoms with E-state index in [9.17, 15) is 14.9 Å². The lowest BCUT2D eigenvalue weighted by Gasteiger charge is -2.02. The number of benzene rings is 2. The second-order valence-corrected chi connectivity index (χ2v) is 6.54. The van der Waals surface area contributed by atoms with Gasteiger partial charge in [-0.05, 0) is 30.3 Å². The number of fused-ring (bicyclic) bond motifs is 1. The molecule has 0 fully saturated rings. The van der Waals surface area contributed by atoms with Crippen LogP contribution >= 0.6 is 23.4 Å². The molecule has 0 radical (unpaired) electrons. The molecule has 0 spiro atoms. The maximum absolute atomic E-state index is 11.8. The van der Waals surface area contributed by atoms with E-state index in [1.165, 1.54) is 30.1 Å². The molecule has 3 rings (SSSR count). The lowest BCUT2D eigenvalue weighted by atomic mass is 10.1. The van der Waals surface area contributed by atoms with Gasteiger partial charge in [0, 0.05) is 9.92 Å². The molecule has 0 unspecified atom stereocenters. The summed E-state index contributed by atoms with van der Waals surface area (Å²) in [6.45, 7) is 0.00570. The van der Waals surface area contributed by atoms with Gasteiger partial charge in [-0.1, -0.05) is 11.6 Å². The Morgan fingerprint density at radius 2 is 2.00 bits per heavy atom. The number of nitrogens with zero attached hydrogens (tertiary/aromatic N) is 2. The standard InChI is InChI=1S/C16H12ClN3O5S/c17-11-1-3-12(4-2-11)26-8-16(21)19-18-7-10-5-14-15(25-9-24-14)6-13(10)20(22)23/h1-7H,8-9H2,(H,19,21)/b18-7+. The monoisotopic (exact) mass is 393 g/mol. The van der Waals surface area contributed by atoms with Crippen molar-refractivity contribution < 1.29 is 19.2 Å². The van der Waals surface area contributed by atoms with Gasteiger partial charge in [0.2, 0.25) is 12.7 Å². The maximum Gasteiger partial charge on any atom is 0.282 e. The number of nitrogens with one attached hydrogen (secondary N) is 1. The molecular formula is C16H12ClN3O5S. The highest BCUT2D eigenvalue weighted by Gasteiger charge is 2.22. The molecule has 2 aromatic carbocycles. The van der Waals surface area contributed by atoms with Crippen LogP contribution in [0.1, 0.15) is 5.56 Å². The molecule has 1 aliphatic rings. The molecular weight excluding hydrogens is 382 g/mol. The Hall–Kier alpha value is -2.78. The molecule has 0 saturated heterocycles. The van der Waals surface area contributed by atoms with Crippen LogP contribution in [-0.2, 0) is 4.79 Å². The first-order valence-electron chi connectivity index (χ1n) is 7.31. The summed E-state index contributed by atoms with van der Waals surface area (Å²) in [5.41, 5.74) is 2.34. The van der Waals surface area contributed by atoms with E-state index in [0.29, 0.717) is 16.5 Å². The smallest absolute Gasteiger partial charge is 0.282 e. The maximum atomic E-state index is 11.8. The van der Waals surface area contributed by atoms with Crippen molar-refractivity contribution in [2.45, 2.75) is 4.90 Å². The number of rotatable bonds is 6. The van der Waals surface area contributed by atoms with Crippen LogP contribution in [0.3, 0.4) is 0 Å². The number of nitro benzene ring substituents is 1. The molecule has 0 saturated carbocycles. The van der Waals surface area contributed by atoms with Crippen LogP contribution < -0.4 is 14.9 Å². The Bertz CT molecular complexity index is 873. The number of carbonyl (C=O) groups excluding carboxylic acids is 1. The van der Waals surface area contributed by atoms with E-state index in [1.807, 2.05) is 0 Å². The van der Waals surface area contributed by atoms with E-state index in [1.54, 1.807) is 24.3 Å². The lowest BCUT2D eigenvalue weighted by molar-refractivity contribution is -0.385. The summed E-state index contributed by atoms with van der Waals surface area (Å²) in [6.07, 6.45) is 1.20. The minimum atomic E-state index is -0.554. The van der Waals surface area contributed by atoms with Gasteiger partial charge >= 0.3 is 0 Å². The van der Waals surface area contributed by atoms with Gasteiger partial charge in [-0.2, -0.15) is 5.10 Å². The van der Waals surface area contributed by atoms with Crippen molar-refractivity contribution in [2.24, 2.45) is 5.10 Å². The minimum Gasteiger partial charge on any atom is -0.454 e. The number of amides is 1. The van der Waals surface area contributed by atoms with Crippen molar-refractivity contribution in [3.8, 4) is 11.5 Å². The van der Waals surface area contributed by atoms with E-state index < -0.39 is 4.92 Å². The van der Waals surface area contributed by atoms with Crippen molar-refractivity contribution in [3.63, 3.8) is 0 Å². The van der Waals surface area contributed by atoms with E-state index in [-0.39, 0.29) is 29.7 Å². The average Bonchev–Trinajstić information content (AvgIpc) is 3.08. The van der Waals surface area contributed by atoms with Crippen LogP contribution in [0.5, 0.6) is 11.5 Å². The lowest BCUT2D eigenvalue weighted by Crippen LogP contribution is -2.19. The van der Waals surface area contributed by atoms with Crippen LogP contribution in [0.25, 0.3) is 0 Å². The highest BCUT2D eigenvalue weighted by molar-refractivity contribution is 8.00. The predicted octanol–water partition coefficient (Wildman–Crippen LogP) is 3.22. The minimum absolute atomic E-state index is 0.00570. The Balaban J connectivity index is 1.60. The third-order valence-corrected chi connectivity index (χ3v) is 4.56. The van der Waals surface area contributed by atoms with Gasteiger partial charge in [-0.3, -0.25) is 14.9 Å². The van der Waals surface area contributed by atoms with Crippen molar-refractivity contribution in [2.75, 3.05) is 12.5 Å². The summed E-state index contributed by atoms with van der Waals surface area (Å²) in [4.78, 5) is 23.3. The number of halogens is 1. The molecule has 1 amide bonds. The molecule has 1 N–H and O–H groups in total. The Morgan fingerprint density at radius 1 is 1.31 bits per heavy atom.